The SMILES string of the molecule is O=c1nc(NO)c(CO)cn1[C@H]1C[C@H](O)[C@@H](CO)O1. The van der Waals surface area contributed by atoms with Crippen LogP contribution in [0.2, 0.25) is 0 Å². The number of nitrogens with zero attached hydrogens (tertiary/aromatic N) is 2. The molecule has 9 nitrogen and oxygen atoms in total. The minimum absolute atomic E-state index is 0.129. The van der Waals surface area contributed by atoms with Crippen LogP contribution in [0.3, 0.4) is 0 Å². The zero-order valence-electron chi connectivity index (χ0n) is 9.93. The summed E-state index contributed by atoms with van der Waals surface area (Å²) < 4.78 is 6.42. The van der Waals surface area contributed by atoms with Gasteiger partial charge in [0.15, 0.2) is 5.82 Å². The van der Waals surface area contributed by atoms with E-state index in [1.54, 1.807) is 5.48 Å². The van der Waals surface area contributed by atoms with Crippen molar-refractivity contribution in [2.45, 2.75) is 31.5 Å². The Kier molecular flexibility index (Phi) is 4.12. The molecule has 19 heavy (non-hydrogen) atoms. The van der Waals surface area contributed by atoms with Crippen LogP contribution in [0.1, 0.15) is 18.2 Å². The van der Waals surface area contributed by atoms with Gasteiger partial charge in [0.25, 0.3) is 0 Å². The van der Waals surface area contributed by atoms with Crippen molar-refractivity contribution in [3.63, 3.8) is 0 Å². The summed E-state index contributed by atoms with van der Waals surface area (Å²) in [4.78, 5) is 15.3. The monoisotopic (exact) mass is 273 g/mol. The van der Waals surface area contributed by atoms with Crippen molar-refractivity contribution in [2.75, 3.05) is 12.1 Å². The average Bonchev–Trinajstić information content (AvgIpc) is 2.79. The quantitative estimate of drug-likeness (QED) is 0.404. The average molecular weight is 273 g/mol. The first-order valence-electron chi connectivity index (χ1n) is 5.68. The molecule has 5 N–H and O–H groups in total. The number of hydrogen-bond donors (Lipinski definition) is 5. The highest BCUT2D eigenvalue weighted by molar-refractivity contribution is 5.39. The highest BCUT2D eigenvalue weighted by Gasteiger charge is 2.35. The Morgan fingerprint density at radius 2 is 2.26 bits per heavy atom. The van der Waals surface area contributed by atoms with E-state index in [0.717, 1.165) is 4.57 Å². The largest absolute Gasteiger partial charge is 0.394 e. The first-order chi connectivity index (χ1) is 9.10. The van der Waals surface area contributed by atoms with Gasteiger partial charge in [0.05, 0.1) is 19.3 Å². The lowest BCUT2D eigenvalue weighted by Gasteiger charge is -2.16. The van der Waals surface area contributed by atoms with Crippen molar-refractivity contribution in [1.29, 1.82) is 0 Å². The number of aliphatic hydroxyl groups excluding tert-OH is 3. The molecule has 9 heteroatoms. The Bertz CT molecular complexity index is 505. The van der Waals surface area contributed by atoms with Crippen LogP contribution >= 0.6 is 0 Å². The summed E-state index contributed by atoms with van der Waals surface area (Å²) in [7, 11) is 0. The molecule has 1 fully saturated rings. The van der Waals surface area contributed by atoms with Crippen LogP contribution in [0.4, 0.5) is 5.82 Å². The molecular formula is C10H15N3O6. The Balaban J connectivity index is 2.33. The van der Waals surface area contributed by atoms with Gasteiger partial charge in [-0.3, -0.25) is 15.3 Å². The number of nitrogens with one attached hydrogen (secondary N) is 1. The van der Waals surface area contributed by atoms with Crippen molar-refractivity contribution in [3.05, 3.63) is 22.2 Å². The van der Waals surface area contributed by atoms with E-state index in [9.17, 15) is 9.90 Å². The highest BCUT2D eigenvalue weighted by Crippen LogP contribution is 2.27. The fourth-order valence-corrected chi connectivity index (χ4v) is 1.98. The molecule has 1 aliphatic heterocycles. The van der Waals surface area contributed by atoms with Crippen LogP contribution in [0, 0.1) is 0 Å². The summed E-state index contributed by atoms with van der Waals surface area (Å²) in [6, 6.07) is 0. The molecule has 0 bridgehead atoms. The number of aliphatic hydroxyl groups is 3. The molecular weight excluding hydrogens is 258 g/mol. The molecule has 0 saturated carbocycles. The minimum Gasteiger partial charge on any atom is -0.394 e. The predicted octanol–water partition coefficient (Wildman–Crippen LogP) is -1.82. The van der Waals surface area contributed by atoms with E-state index in [1.165, 1.54) is 6.20 Å². The summed E-state index contributed by atoms with van der Waals surface area (Å²) in [6.07, 6.45) is -1.00. The van der Waals surface area contributed by atoms with E-state index in [0.29, 0.717) is 0 Å². The molecule has 0 amide bonds. The van der Waals surface area contributed by atoms with Crippen molar-refractivity contribution in [2.24, 2.45) is 0 Å². The molecule has 2 rings (SSSR count). The fourth-order valence-electron chi connectivity index (χ4n) is 1.98. The van der Waals surface area contributed by atoms with Gasteiger partial charge in [0, 0.05) is 18.2 Å². The zero-order valence-corrected chi connectivity index (χ0v) is 9.93. The van der Waals surface area contributed by atoms with Crippen LogP contribution < -0.4 is 11.2 Å². The first kappa shape index (κ1) is 13.9. The van der Waals surface area contributed by atoms with E-state index in [-0.39, 0.29) is 24.4 Å². The van der Waals surface area contributed by atoms with E-state index in [1.807, 2.05) is 0 Å². The molecule has 1 aromatic rings. The lowest BCUT2D eigenvalue weighted by Crippen LogP contribution is -2.29. The maximum absolute atomic E-state index is 11.8. The minimum atomic E-state index is -0.880. The maximum Gasteiger partial charge on any atom is 0.351 e. The molecule has 3 atom stereocenters. The lowest BCUT2D eigenvalue weighted by molar-refractivity contribution is -0.0460. The number of ether oxygens (including phenoxy) is 1. The molecule has 0 aliphatic carbocycles. The standard InChI is InChI=1S/C10H15N3O6/c14-3-5-2-13(10(17)11-9(5)12-18)8-1-6(16)7(4-15)19-8/h2,6-8,14-16,18H,1,3-4H2,(H,11,12,17)/t6-,7+,8+/m0/s1. The van der Waals surface area contributed by atoms with Gasteiger partial charge in [0.2, 0.25) is 0 Å². The molecule has 0 unspecified atom stereocenters. The Morgan fingerprint density at radius 3 is 2.79 bits per heavy atom. The summed E-state index contributed by atoms with van der Waals surface area (Å²) in [5.41, 5.74) is 1.22. The number of aromatic nitrogens is 2. The molecule has 0 spiro atoms. The Hall–Kier alpha value is -1.52. The van der Waals surface area contributed by atoms with Gasteiger partial charge in [-0.15, -0.1) is 0 Å². The van der Waals surface area contributed by atoms with Crippen LogP contribution in [-0.2, 0) is 11.3 Å². The van der Waals surface area contributed by atoms with Crippen molar-refractivity contribution in [1.82, 2.24) is 9.55 Å². The number of rotatable bonds is 4. The second-order valence-electron chi connectivity index (χ2n) is 4.19. The maximum atomic E-state index is 11.8. The van der Waals surface area contributed by atoms with E-state index in [4.69, 9.17) is 20.2 Å². The van der Waals surface area contributed by atoms with Gasteiger partial charge in [-0.25, -0.2) is 4.79 Å². The van der Waals surface area contributed by atoms with Gasteiger partial charge in [-0.1, -0.05) is 0 Å². The van der Waals surface area contributed by atoms with Crippen LogP contribution in [0.25, 0.3) is 0 Å². The Morgan fingerprint density at radius 1 is 1.53 bits per heavy atom. The van der Waals surface area contributed by atoms with Crippen molar-refractivity contribution >= 4 is 5.82 Å². The van der Waals surface area contributed by atoms with Gasteiger partial charge in [-0.05, 0) is 0 Å². The fraction of sp³-hybridized carbons (Fsp3) is 0.600. The second-order valence-corrected chi connectivity index (χ2v) is 4.19. The second kappa shape index (κ2) is 5.63. The summed E-state index contributed by atoms with van der Waals surface area (Å²) in [6.45, 7) is -0.794. The van der Waals surface area contributed by atoms with E-state index < -0.39 is 30.7 Å². The van der Waals surface area contributed by atoms with Crippen LogP contribution in [0.15, 0.2) is 11.0 Å². The van der Waals surface area contributed by atoms with Gasteiger partial charge in [0.1, 0.15) is 12.3 Å². The topological polar surface area (TPSA) is 137 Å². The molecule has 0 radical (unpaired) electrons. The van der Waals surface area contributed by atoms with Crippen molar-refractivity contribution < 1.29 is 25.3 Å². The Labute approximate surface area is 107 Å². The first-order valence-corrected chi connectivity index (χ1v) is 5.68. The van der Waals surface area contributed by atoms with Crippen molar-refractivity contribution in [3.8, 4) is 0 Å². The smallest absolute Gasteiger partial charge is 0.351 e. The van der Waals surface area contributed by atoms with Crippen LogP contribution in [-0.4, -0.2) is 48.9 Å². The molecule has 1 aliphatic rings. The zero-order chi connectivity index (χ0) is 14.0. The lowest BCUT2D eigenvalue weighted by atomic mass is 10.2. The molecule has 106 valence electrons. The third kappa shape index (κ3) is 2.60. The molecule has 1 aromatic heterocycles. The summed E-state index contributed by atoms with van der Waals surface area (Å²) >= 11 is 0. The van der Waals surface area contributed by atoms with Crippen LogP contribution in [0.5, 0.6) is 0 Å². The molecule has 2 heterocycles. The number of hydrogen-bond acceptors (Lipinski definition) is 8. The predicted molar refractivity (Wildman–Crippen MR) is 61.4 cm³/mol. The highest BCUT2D eigenvalue weighted by atomic mass is 16.5. The van der Waals surface area contributed by atoms with E-state index >= 15 is 0 Å². The molecule has 0 aromatic carbocycles. The third-order valence-corrected chi connectivity index (χ3v) is 3.00. The summed E-state index contributed by atoms with van der Waals surface area (Å²) in [5, 5.41) is 36.5. The van der Waals surface area contributed by atoms with Gasteiger partial charge >= 0.3 is 5.69 Å². The number of anilines is 1. The summed E-state index contributed by atoms with van der Waals surface area (Å²) in [5.74, 6) is -0.138. The van der Waals surface area contributed by atoms with E-state index in [2.05, 4.69) is 4.98 Å². The normalized spacial score (nSPS) is 26.6. The third-order valence-electron chi connectivity index (χ3n) is 3.00. The van der Waals surface area contributed by atoms with Gasteiger partial charge < -0.3 is 20.1 Å². The molecule has 1 saturated heterocycles. The van der Waals surface area contributed by atoms with Gasteiger partial charge in [-0.2, -0.15) is 4.98 Å².